The van der Waals surface area contributed by atoms with Gasteiger partial charge < -0.3 is 9.84 Å². The molecule has 100 valence electrons. The van der Waals surface area contributed by atoms with E-state index in [1.165, 1.54) is 24.3 Å². The molecule has 0 bridgehead atoms. The average Bonchev–Trinajstić information content (AvgIpc) is 2.35. The van der Waals surface area contributed by atoms with Crippen molar-refractivity contribution in [3.63, 3.8) is 0 Å². The molecule has 0 aliphatic heterocycles. The van der Waals surface area contributed by atoms with Gasteiger partial charge in [-0.2, -0.15) is 0 Å². The first-order chi connectivity index (χ1) is 8.49. The van der Waals surface area contributed by atoms with Crippen molar-refractivity contribution in [3.8, 4) is 0 Å². The normalized spacial score (nSPS) is 11.4. The summed E-state index contributed by atoms with van der Waals surface area (Å²) < 4.78 is 29.1. The summed E-state index contributed by atoms with van der Waals surface area (Å²) in [5.74, 6) is -1.46. The quantitative estimate of drug-likeness (QED) is 0.762. The van der Waals surface area contributed by atoms with Crippen LogP contribution in [0.4, 0.5) is 0 Å². The molecule has 0 atom stereocenters. The molecule has 0 fully saturated rings. The standard InChI is InChI=1S/C12H16O5S/c1-2-7-17-8-9-18(15,16)11-6-4-3-5-10(11)12(13)14/h3-6H,2,7-9H2,1H3,(H,13,14). The molecule has 0 aromatic heterocycles. The molecule has 1 aromatic carbocycles. The second-order valence-electron chi connectivity index (χ2n) is 3.73. The number of hydrogen-bond acceptors (Lipinski definition) is 4. The fourth-order valence-corrected chi connectivity index (χ4v) is 2.77. The zero-order chi connectivity index (χ0) is 13.6. The van der Waals surface area contributed by atoms with Crippen LogP contribution in [0.25, 0.3) is 0 Å². The summed E-state index contributed by atoms with van der Waals surface area (Å²) in [5.41, 5.74) is -0.201. The summed E-state index contributed by atoms with van der Waals surface area (Å²) in [6.45, 7) is 2.49. The van der Waals surface area contributed by atoms with Crippen molar-refractivity contribution in [2.24, 2.45) is 0 Å². The Morgan fingerprint density at radius 2 is 1.94 bits per heavy atom. The molecular formula is C12H16O5S. The van der Waals surface area contributed by atoms with Crippen LogP contribution in [0.1, 0.15) is 23.7 Å². The number of carbonyl (C=O) groups is 1. The zero-order valence-corrected chi connectivity index (χ0v) is 10.9. The molecule has 0 unspecified atom stereocenters. The van der Waals surface area contributed by atoms with Gasteiger partial charge in [0.2, 0.25) is 0 Å². The lowest BCUT2D eigenvalue weighted by Crippen LogP contribution is -2.16. The van der Waals surface area contributed by atoms with Gasteiger partial charge in [-0.15, -0.1) is 0 Å². The Kier molecular flexibility index (Phi) is 5.30. The number of hydrogen-bond donors (Lipinski definition) is 1. The van der Waals surface area contributed by atoms with E-state index < -0.39 is 15.8 Å². The van der Waals surface area contributed by atoms with Crippen LogP contribution in [0.2, 0.25) is 0 Å². The van der Waals surface area contributed by atoms with E-state index in [1.54, 1.807) is 0 Å². The van der Waals surface area contributed by atoms with Gasteiger partial charge in [0.15, 0.2) is 9.84 Å². The smallest absolute Gasteiger partial charge is 0.337 e. The van der Waals surface area contributed by atoms with Gasteiger partial charge in [0.05, 0.1) is 22.8 Å². The van der Waals surface area contributed by atoms with Gasteiger partial charge in [0.25, 0.3) is 0 Å². The van der Waals surface area contributed by atoms with E-state index in [0.717, 1.165) is 6.42 Å². The van der Waals surface area contributed by atoms with Crippen LogP contribution in [-0.2, 0) is 14.6 Å². The van der Waals surface area contributed by atoms with Crippen LogP contribution in [0, 0.1) is 0 Å². The SMILES string of the molecule is CCCOCCS(=O)(=O)c1ccccc1C(=O)O. The molecule has 6 heteroatoms. The van der Waals surface area contributed by atoms with Crippen molar-refractivity contribution >= 4 is 15.8 Å². The molecule has 18 heavy (non-hydrogen) atoms. The first-order valence-corrected chi connectivity index (χ1v) is 7.27. The molecule has 0 heterocycles. The number of aromatic carboxylic acids is 1. The third-order valence-corrected chi connectivity index (χ3v) is 4.03. The van der Waals surface area contributed by atoms with Gasteiger partial charge in [0, 0.05) is 6.61 Å². The molecule has 0 amide bonds. The lowest BCUT2D eigenvalue weighted by molar-refractivity contribution is 0.0692. The molecule has 0 saturated carbocycles. The predicted octanol–water partition coefficient (Wildman–Crippen LogP) is 1.59. The molecule has 0 radical (unpaired) electrons. The van der Waals surface area contributed by atoms with Crippen molar-refractivity contribution in [1.29, 1.82) is 0 Å². The van der Waals surface area contributed by atoms with E-state index in [0.29, 0.717) is 6.61 Å². The maximum absolute atomic E-state index is 12.0. The van der Waals surface area contributed by atoms with E-state index in [1.807, 2.05) is 6.92 Å². The van der Waals surface area contributed by atoms with Crippen LogP contribution in [0.3, 0.4) is 0 Å². The molecule has 1 aromatic rings. The predicted molar refractivity (Wildman–Crippen MR) is 66.6 cm³/mol. The molecular weight excluding hydrogens is 256 g/mol. The highest BCUT2D eigenvalue weighted by Gasteiger charge is 2.21. The Morgan fingerprint density at radius 1 is 1.28 bits per heavy atom. The molecule has 0 aliphatic carbocycles. The molecule has 5 nitrogen and oxygen atoms in total. The van der Waals surface area contributed by atoms with Crippen molar-refractivity contribution in [3.05, 3.63) is 29.8 Å². The van der Waals surface area contributed by atoms with Crippen molar-refractivity contribution in [2.75, 3.05) is 19.0 Å². The monoisotopic (exact) mass is 272 g/mol. The Balaban J connectivity index is 2.88. The lowest BCUT2D eigenvalue weighted by Gasteiger charge is -2.07. The second-order valence-corrected chi connectivity index (χ2v) is 5.81. The van der Waals surface area contributed by atoms with Crippen LogP contribution in [-0.4, -0.2) is 38.5 Å². The summed E-state index contributed by atoms with van der Waals surface area (Å²) >= 11 is 0. The summed E-state index contributed by atoms with van der Waals surface area (Å²) in [6, 6.07) is 5.59. The summed E-state index contributed by atoms with van der Waals surface area (Å²) in [5, 5.41) is 8.94. The minimum atomic E-state index is -3.62. The Bertz CT molecular complexity index is 507. The molecule has 0 aliphatic rings. The highest BCUT2D eigenvalue weighted by molar-refractivity contribution is 7.91. The number of rotatable bonds is 7. The van der Waals surface area contributed by atoms with Crippen molar-refractivity contribution in [1.82, 2.24) is 0 Å². The number of benzene rings is 1. The average molecular weight is 272 g/mol. The highest BCUT2D eigenvalue weighted by atomic mass is 32.2. The Labute approximate surface area is 106 Å². The summed E-state index contributed by atoms with van der Waals surface area (Å²) in [6.07, 6.45) is 0.811. The maximum Gasteiger partial charge on any atom is 0.337 e. The van der Waals surface area contributed by atoms with Crippen LogP contribution in [0.5, 0.6) is 0 Å². The first kappa shape index (κ1) is 14.7. The van der Waals surface area contributed by atoms with Gasteiger partial charge in [-0.1, -0.05) is 19.1 Å². The Hall–Kier alpha value is -1.40. The van der Waals surface area contributed by atoms with Crippen LogP contribution < -0.4 is 0 Å². The van der Waals surface area contributed by atoms with E-state index in [-0.39, 0.29) is 22.8 Å². The summed E-state index contributed by atoms with van der Waals surface area (Å²) in [4.78, 5) is 10.8. The number of carboxylic acid groups (broad SMARTS) is 1. The maximum atomic E-state index is 12.0. The molecule has 0 saturated heterocycles. The van der Waals surface area contributed by atoms with E-state index in [2.05, 4.69) is 0 Å². The van der Waals surface area contributed by atoms with Gasteiger partial charge >= 0.3 is 5.97 Å². The largest absolute Gasteiger partial charge is 0.478 e. The van der Waals surface area contributed by atoms with Crippen LogP contribution >= 0.6 is 0 Å². The fraction of sp³-hybridized carbons (Fsp3) is 0.417. The third kappa shape index (κ3) is 3.82. The van der Waals surface area contributed by atoms with E-state index in [4.69, 9.17) is 9.84 Å². The number of carboxylic acids is 1. The van der Waals surface area contributed by atoms with Gasteiger partial charge in [0.1, 0.15) is 0 Å². The van der Waals surface area contributed by atoms with Gasteiger partial charge in [-0.05, 0) is 18.6 Å². The van der Waals surface area contributed by atoms with Crippen molar-refractivity contribution < 1.29 is 23.1 Å². The molecule has 1 N–H and O–H groups in total. The molecule has 0 spiro atoms. The topological polar surface area (TPSA) is 80.7 Å². The zero-order valence-electron chi connectivity index (χ0n) is 10.1. The van der Waals surface area contributed by atoms with Gasteiger partial charge in [-0.25, -0.2) is 13.2 Å². The lowest BCUT2D eigenvalue weighted by atomic mass is 10.2. The minimum Gasteiger partial charge on any atom is -0.478 e. The number of sulfone groups is 1. The van der Waals surface area contributed by atoms with E-state index in [9.17, 15) is 13.2 Å². The Morgan fingerprint density at radius 3 is 2.56 bits per heavy atom. The van der Waals surface area contributed by atoms with E-state index >= 15 is 0 Å². The van der Waals surface area contributed by atoms with Gasteiger partial charge in [-0.3, -0.25) is 0 Å². The fourth-order valence-electron chi connectivity index (χ4n) is 1.44. The number of ether oxygens (including phenoxy) is 1. The molecule has 1 rings (SSSR count). The van der Waals surface area contributed by atoms with Crippen molar-refractivity contribution in [2.45, 2.75) is 18.2 Å². The first-order valence-electron chi connectivity index (χ1n) is 5.62. The summed E-state index contributed by atoms with van der Waals surface area (Å²) in [7, 11) is -3.62. The van der Waals surface area contributed by atoms with Crippen LogP contribution in [0.15, 0.2) is 29.2 Å². The minimum absolute atomic E-state index is 0.0735. The second kappa shape index (κ2) is 6.51. The highest BCUT2D eigenvalue weighted by Crippen LogP contribution is 2.17. The third-order valence-electron chi connectivity index (χ3n) is 2.30.